The standard InChI is InChI=1S/C61H102NO8P/c1-3-5-7-9-11-13-15-17-19-20-21-22-23-24-25-26-27-28-29-30-31-32-33-34-35-36-37-38-40-42-44-46-48-50-52-54-61(64)70-59(58-69-71(65,66)68-56-55-62)57-67-60(63)53-51-49-47-45-43-41-39-18-16-14-12-10-8-6-4-2/h5,7,11,13,17-19,21-22,24-25,27-28,30-31,33-34,36-37,39,59H,3-4,6,8-10,12,14-16,20,23,26,29,32,35,38,40-58,62H2,1-2H3,(H,65,66)/b7-5-,13-11-,19-17-,22-21-,25-24-,28-27-,31-30-,34-33-,37-36-,39-18-. The summed E-state index contributed by atoms with van der Waals surface area (Å²) in [6, 6.07) is 0. The molecule has 0 radical (unpaired) electrons. The van der Waals surface area contributed by atoms with E-state index in [2.05, 4.69) is 135 Å². The maximum Gasteiger partial charge on any atom is 0.472 e. The Morgan fingerprint density at radius 2 is 0.775 bits per heavy atom. The lowest BCUT2D eigenvalue weighted by Crippen LogP contribution is -2.29. The summed E-state index contributed by atoms with van der Waals surface area (Å²) in [5.74, 6) is -0.857. The maximum absolute atomic E-state index is 12.7. The number of esters is 2. The molecular formula is C61H102NO8P. The highest BCUT2D eigenvalue weighted by Crippen LogP contribution is 2.43. The quantitative estimate of drug-likeness (QED) is 0.0264. The molecule has 10 heteroatoms. The van der Waals surface area contributed by atoms with Gasteiger partial charge >= 0.3 is 19.8 Å². The van der Waals surface area contributed by atoms with Gasteiger partial charge in [0.05, 0.1) is 13.2 Å². The minimum Gasteiger partial charge on any atom is -0.462 e. The van der Waals surface area contributed by atoms with Crippen LogP contribution in [0.25, 0.3) is 0 Å². The molecule has 0 aromatic rings. The summed E-state index contributed by atoms with van der Waals surface area (Å²) in [4.78, 5) is 35.1. The topological polar surface area (TPSA) is 134 Å². The van der Waals surface area contributed by atoms with Crippen molar-refractivity contribution < 1.29 is 37.6 Å². The molecule has 0 saturated heterocycles. The second-order valence-electron chi connectivity index (χ2n) is 18.1. The number of allylic oxidation sites excluding steroid dienone is 20. The number of nitrogens with two attached hydrogens (primary N) is 1. The van der Waals surface area contributed by atoms with Crippen LogP contribution in [0.1, 0.15) is 219 Å². The molecule has 0 spiro atoms. The van der Waals surface area contributed by atoms with Crippen LogP contribution in [0.15, 0.2) is 122 Å². The Hall–Kier alpha value is -3.59. The number of ether oxygens (including phenoxy) is 2. The van der Waals surface area contributed by atoms with Gasteiger partial charge in [0.2, 0.25) is 0 Å². The summed E-state index contributed by atoms with van der Waals surface area (Å²) in [5, 5.41) is 0. The Morgan fingerprint density at radius 3 is 1.17 bits per heavy atom. The molecule has 0 aliphatic heterocycles. The first-order valence-corrected chi connectivity index (χ1v) is 29.5. The summed E-state index contributed by atoms with van der Waals surface area (Å²) in [6.07, 6.45) is 76.8. The molecule has 0 amide bonds. The highest BCUT2D eigenvalue weighted by Gasteiger charge is 2.26. The van der Waals surface area contributed by atoms with Gasteiger partial charge in [-0.3, -0.25) is 18.6 Å². The van der Waals surface area contributed by atoms with Crippen LogP contribution in [0, 0.1) is 0 Å². The van der Waals surface area contributed by atoms with Crippen molar-refractivity contribution in [2.45, 2.75) is 225 Å². The van der Waals surface area contributed by atoms with Gasteiger partial charge in [-0.2, -0.15) is 0 Å². The number of phosphoric ester groups is 1. The molecule has 0 aromatic carbocycles. The minimum absolute atomic E-state index is 0.0445. The zero-order chi connectivity index (χ0) is 51.7. The fourth-order valence-electron chi connectivity index (χ4n) is 7.21. The van der Waals surface area contributed by atoms with Crippen LogP contribution >= 0.6 is 7.82 Å². The maximum atomic E-state index is 12.7. The Kier molecular flexibility index (Phi) is 52.9. The van der Waals surface area contributed by atoms with Gasteiger partial charge in [0.25, 0.3) is 0 Å². The third kappa shape index (κ3) is 55.6. The van der Waals surface area contributed by atoms with E-state index in [9.17, 15) is 19.0 Å². The Bertz CT molecular complexity index is 1570. The number of unbranched alkanes of at least 4 members (excludes halogenated alkanes) is 18. The highest BCUT2D eigenvalue weighted by molar-refractivity contribution is 7.47. The SMILES string of the molecule is CC/C=C\C/C=C\C/C=C\C/C=C\C/C=C\C/C=C\C/C=C\C/C=C\C/C=C\CCCCCCCCCC(=O)OC(COC(=O)CCCCCCC/C=C\CCCCCCCC)COP(=O)(O)OCCN. The van der Waals surface area contributed by atoms with Crippen molar-refractivity contribution in [2.75, 3.05) is 26.4 Å². The third-order valence-corrected chi connectivity index (χ3v) is 12.3. The molecule has 0 rings (SSSR count). The van der Waals surface area contributed by atoms with Crippen LogP contribution in [0.5, 0.6) is 0 Å². The van der Waals surface area contributed by atoms with E-state index >= 15 is 0 Å². The number of hydrogen-bond acceptors (Lipinski definition) is 8. The third-order valence-electron chi connectivity index (χ3n) is 11.3. The van der Waals surface area contributed by atoms with E-state index in [0.29, 0.717) is 12.8 Å². The zero-order valence-electron chi connectivity index (χ0n) is 44.9. The van der Waals surface area contributed by atoms with E-state index in [0.717, 1.165) is 122 Å². The van der Waals surface area contributed by atoms with E-state index in [4.69, 9.17) is 24.3 Å². The van der Waals surface area contributed by atoms with Gasteiger partial charge in [-0.15, -0.1) is 0 Å². The molecule has 0 heterocycles. The highest BCUT2D eigenvalue weighted by atomic mass is 31.2. The fourth-order valence-corrected chi connectivity index (χ4v) is 7.98. The predicted octanol–water partition coefficient (Wildman–Crippen LogP) is 17.6. The average molecular weight is 1010 g/mol. The summed E-state index contributed by atoms with van der Waals surface area (Å²) in [7, 11) is -4.40. The Morgan fingerprint density at radius 1 is 0.437 bits per heavy atom. The Labute approximate surface area is 434 Å². The van der Waals surface area contributed by atoms with Crippen molar-refractivity contribution in [3.63, 3.8) is 0 Å². The zero-order valence-corrected chi connectivity index (χ0v) is 45.8. The lowest BCUT2D eigenvalue weighted by molar-refractivity contribution is -0.161. The smallest absolute Gasteiger partial charge is 0.462 e. The number of rotatable bonds is 51. The summed E-state index contributed by atoms with van der Waals surface area (Å²) < 4.78 is 32.9. The monoisotopic (exact) mass is 1010 g/mol. The van der Waals surface area contributed by atoms with Gasteiger partial charge in [0, 0.05) is 19.4 Å². The molecule has 0 aliphatic carbocycles. The van der Waals surface area contributed by atoms with Gasteiger partial charge in [-0.1, -0.05) is 219 Å². The number of hydrogen-bond donors (Lipinski definition) is 2. The van der Waals surface area contributed by atoms with Crippen molar-refractivity contribution in [2.24, 2.45) is 5.73 Å². The lowest BCUT2D eigenvalue weighted by atomic mass is 10.1. The van der Waals surface area contributed by atoms with Crippen molar-refractivity contribution in [3.05, 3.63) is 122 Å². The second kappa shape index (κ2) is 55.7. The number of carbonyl (C=O) groups is 2. The van der Waals surface area contributed by atoms with Crippen LogP contribution < -0.4 is 5.73 Å². The van der Waals surface area contributed by atoms with Crippen LogP contribution in [0.2, 0.25) is 0 Å². The first kappa shape index (κ1) is 67.4. The molecule has 9 nitrogen and oxygen atoms in total. The van der Waals surface area contributed by atoms with Crippen molar-refractivity contribution in [1.82, 2.24) is 0 Å². The predicted molar refractivity (Wildman–Crippen MR) is 302 cm³/mol. The van der Waals surface area contributed by atoms with Gasteiger partial charge in [0.15, 0.2) is 6.10 Å². The second-order valence-corrected chi connectivity index (χ2v) is 19.5. The average Bonchev–Trinajstić information content (AvgIpc) is 3.36. The van der Waals surface area contributed by atoms with E-state index in [-0.39, 0.29) is 32.6 Å². The van der Waals surface area contributed by atoms with Crippen molar-refractivity contribution in [1.29, 1.82) is 0 Å². The number of carbonyl (C=O) groups excluding carboxylic acids is 2. The Balaban J connectivity index is 4.05. The van der Waals surface area contributed by atoms with E-state index in [1.165, 1.54) is 57.8 Å². The molecule has 71 heavy (non-hydrogen) atoms. The van der Waals surface area contributed by atoms with E-state index < -0.39 is 32.5 Å². The summed E-state index contributed by atoms with van der Waals surface area (Å²) >= 11 is 0. The summed E-state index contributed by atoms with van der Waals surface area (Å²) in [5.41, 5.74) is 5.37. The first-order valence-electron chi connectivity index (χ1n) is 28.0. The molecule has 404 valence electrons. The molecule has 2 unspecified atom stereocenters. The van der Waals surface area contributed by atoms with Gasteiger partial charge in [-0.05, 0) is 109 Å². The van der Waals surface area contributed by atoms with Crippen molar-refractivity contribution >= 4 is 19.8 Å². The van der Waals surface area contributed by atoms with E-state index in [1.54, 1.807) is 0 Å². The molecule has 3 N–H and O–H groups in total. The van der Waals surface area contributed by atoms with Gasteiger partial charge in [-0.25, -0.2) is 4.57 Å². The molecule has 0 fully saturated rings. The normalized spacial score (nSPS) is 14.0. The molecule has 2 atom stereocenters. The molecule has 0 saturated carbocycles. The molecule has 0 aliphatic rings. The van der Waals surface area contributed by atoms with Crippen molar-refractivity contribution in [3.8, 4) is 0 Å². The van der Waals surface area contributed by atoms with Crippen LogP contribution in [-0.4, -0.2) is 49.3 Å². The summed E-state index contributed by atoms with van der Waals surface area (Å²) in [6.45, 7) is 3.58. The minimum atomic E-state index is -4.40. The first-order chi connectivity index (χ1) is 34.8. The molecular weight excluding hydrogens is 906 g/mol. The molecule has 0 bridgehead atoms. The van der Waals surface area contributed by atoms with Gasteiger partial charge in [0.1, 0.15) is 6.61 Å². The van der Waals surface area contributed by atoms with Crippen LogP contribution in [0.4, 0.5) is 0 Å². The van der Waals surface area contributed by atoms with Gasteiger partial charge < -0.3 is 20.1 Å². The van der Waals surface area contributed by atoms with Crippen LogP contribution in [0.3, 0.4) is 0 Å². The fraction of sp³-hybridized carbons (Fsp3) is 0.639. The number of phosphoric acid groups is 1. The lowest BCUT2D eigenvalue weighted by Gasteiger charge is -2.19. The largest absolute Gasteiger partial charge is 0.472 e. The van der Waals surface area contributed by atoms with Crippen LogP contribution in [-0.2, 0) is 32.7 Å². The molecule has 0 aromatic heterocycles. The van der Waals surface area contributed by atoms with E-state index in [1.807, 2.05) is 0 Å².